The number of allylic oxidation sites excluding steroid dienone is 2. The molecule has 3 nitrogen and oxygen atoms in total. The van der Waals surface area contributed by atoms with E-state index in [0.29, 0.717) is 5.75 Å². The van der Waals surface area contributed by atoms with E-state index in [1.54, 1.807) is 0 Å². The Kier molecular flexibility index (Phi) is 5.38. The monoisotopic (exact) mass is 328 g/mol. The molecule has 0 spiro atoms. The molecule has 0 saturated heterocycles. The maximum atomic E-state index is 11.2. The van der Waals surface area contributed by atoms with Gasteiger partial charge in [0.2, 0.25) is 0 Å². The van der Waals surface area contributed by atoms with Crippen LogP contribution in [0.3, 0.4) is 0 Å². The van der Waals surface area contributed by atoms with Crippen LogP contribution in [0.2, 0.25) is 0 Å². The molecular weight excluding hydrogens is 320 g/mol. The summed E-state index contributed by atoms with van der Waals surface area (Å²) in [6.07, 6.45) is 3.80. The molecule has 0 bridgehead atoms. The second-order valence-electron chi connectivity index (χ2n) is 2.61. The minimum absolute atomic E-state index is 0.0335. The fourth-order valence-electron chi connectivity index (χ4n) is 0.954. The molecule has 5 heteroatoms. The molecule has 0 fully saturated rings. The number of carbonyl (C=O) groups excluding carboxylic acids is 2. The third-order valence-corrected chi connectivity index (χ3v) is 4.70. The van der Waals surface area contributed by atoms with Crippen molar-refractivity contribution in [3.8, 4) is 0 Å². The van der Waals surface area contributed by atoms with Gasteiger partial charge in [0.05, 0.1) is 0 Å². The molecule has 0 aromatic heterocycles. The van der Waals surface area contributed by atoms with Crippen molar-refractivity contribution in [3.63, 3.8) is 0 Å². The summed E-state index contributed by atoms with van der Waals surface area (Å²) in [6, 6.07) is 0. The van der Waals surface area contributed by atoms with Crippen molar-refractivity contribution in [2.45, 2.75) is 6.42 Å². The molecule has 0 aromatic rings. The molecule has 0 aromatic carbocycles. The Bertz CT molecular complexity index is 261. The molecule has 1 aliphatic heterocycles. The molecule has 0 amide bonds. The molecule has 0 atom stereocenters. The first-order valence-electron chi connectivity index (χ1n) is 3.78. The third kappa shape index (κ3) is 4.49. The Hall–Kier alpha value is 0.481. The van der Waals surface area contributed by atoms with Gasteiger partial charge < -0.3 is 0 Å². The van der Waals surface area contributed by atoms with E-state index >= 15 is 0 Å². The van der Waals surface area contributed by atoms with Gasteiger partial charge in [-0.1, -0.05) is 0 Å². The zero-order valence-electron chi connectivity index (χ0n) is 6.93. The summed E-state index contributed by atoms with van der Waals surface area (Å²) < 4.78 is 8.41. The Morgan fingerprint density at radius 1 is 1.31 bits per heavy atom. The molecule has 0 saturated carbocycles. The first-order chi connectivity index (χ1) is 6.22. The van der Waals surface area contributed by atoms with E-state index in [9.17, 15) is 9.59 Å². The van der Waals surface area contributed by atoms with Crippen LogP contribution < -0.4 is 0 Å². The predicted molar refractivity (Wildman–Crippen MR) is 49.0 cm³/mol. The molecule has 13 heavy (non-hydrogen) atoms. The van der Waals surface area contributed by atoms with Gasteiger partial charge in [0.1, 0.15) is 0 Å². The zero-order valence-corrected chi connectivity index (χ0v) is 11.0. The van der Waals surface area contributed by atoms with E-state index in [0.717, 1.165) is 0 Å². The first kappa shape index (κ1) is 11.6. The van der Waals surface area contributed by atoms with Crippen molar-refractivity contribution in [3.05, 3.63) is 23.0 Å². The number of thiol groups is 1. The number of hydrogen-bond acceptors (Lipinski definition) is 3. The molecule has 70 valence electrons. The molecule has 1 rings (SSSR count). The topological polar surface area (TPSA) is 54.4 Å². The van der Waals surface area contributed by atoms with Gasteiger partial charge in [0.15, 0.2) is 0 Å². The summed E-state index contributed by atoms with van der Waals surface area (Å²) >= 11 is -2.06. The second kappa shape index (κ2) is 6.06. The maximum absolute atomic E-state index is 11.2. The fraction of sp³-hybridized carbons (Fsp3) is 0.250. The van der Waals surface area contributed by atoms with Crippen molar-refractivity contribution in [2.24, 2.45) is 0 Å². The van der Waals surface area contributed by atoms with E-state index in [4.69, 9.17) is 1.43 Å². The minimum atomic E-state index is -2.06. The van der Waals surface area contributed by atoms with Crippen LogP contribution in [-0.4, -0.2) is 14.4 Å². The second-order valence-corrected chi connectivity index (χ2v) is 7.05. The van der Waals surface area contributed by atoms with Gasteiger partial charge in [0, 0.05) is 0 Å². The number of hydrogen-bond donors (Lipinski definition) is 2. The summed E-state index contributed by atoms with van der Waals surface area (Å²) in [6.45, 7) is 0. The van der Waals surface area contributed by atoms with E-state index in [1.165, 1.54) is 0 Å². The van der Waals surface area contributed by atoms with Gasteiger partial charge in [-0.2, -0.15) is 0 Å². The molecule has 0 radical (unpaired) electrons. The number of carbonyl (C=O) groups is 2. The SMILES string of the molecule is O=C(C[C](=O)[Nd][OH])C[SH]1C=CC=C1. The molecular formula is C8H10NdO3S. The summed E-state index contributed by atoms with van der Waals surface area (Å²) in [7, 11) is -0.443. The summed E-state index contributed by atoms with van der Waals surface area (Å²) in [5.74, 6) is 0.422. The van der Waals surface area contributed by atoms with Crippen LogP contribution in [0.15, 0.2) is 23.0 Å². The number of ketones is 1. The van der Waals surface area contributed by atoms with Gasteiger partial charge in [-0.3, -0.25) is 0 Å². The average molecular weight is 330 g/mol. The molecule has 1 N–H and O–H groups in total. The van der Waals surface area contributed by atoms with Crippen LogP contribution in [0.25, 0.3) is 0 Å². The van der Waals surface area contributed by atoms with E-state index in [1.807, 2.05) is 23.0 Å². The molecule has 0 aliphatic carbocycles. The van der Waals surface area contributed by atoms with E-state index in [2.05, 4.69) is 0 Å². The summed E-state index contributed by atoms with van der Waals surface area (Å²) in [5, 5.41) is 4.00. The first-order valence-corrected chi connectivity index (χ1v) is 8.48. The predicted octanol–water partition coefficient (Wildman–Crippen LogP) is 0.507. The van der Waals surface area contributed by atoms with E-state index < -0.39 is 48.2 Å². The van der Waals surface area contributed by atoms with Crippen LogP contribution in [0, 0.1) is 37.3 Å². The Morgan fingerprint density at radius 2 is 1.92 bits per heavy atom. The zero-order chi connectivity index (χ0) is 9.68. The van der Waals surface area contributed by atoms with Gasteiger partial charge in [-0.15, -0.1) is 0 Å². The van der Waals surface area contributed by atoms with Gasteiger partial charge in [-0.25, -0.2) is 0 Å². The van der Waals surface area contributed by atoms with Crippen LogP contribution in [0.1, 0.15) is 6.42 Å². The quantitative estimate of drug-likeness (QED) is 0.570. The normalized spacial score (nSPS) is 16.2. The Labute approximate surface area is 100 Å². The van der Waals surface area contributed by atoms with Gasteiger partial charge in [-0.05, 0) is 0 Å². The number of rotatable bonds is 5. The molecule has 1 heterocycles. The van der Waals surface area contributed by atoms with Crippen molar-refractivity contribution < 1.29 is 48.3 Å². The van der Waals surface area contributed by atoms with Gasteiger partial charge in [0.25, 0.3) is 0 Å². The third-order valence-electron chi connectivity index (χ3n) is 1.51. The fourth-order valence-corrected chi connectivity index (χ4v) is 3.31. The van der Waals surface area contributed by atoms with Crippen molar-refractivity contribution >= 4 is 18.1 Å². The van der Waals surface area contributed by atoms with Crippen LogP contribution in [0.5, 0.6) is 0 Å². The van der Waals surface area contributed by atoms with E-state index in [-0.39, 0.29) is 13.6 Å². The van der Waals surface area contributed by atoms with Crippen molar-refractivity contribution in [1.29, 1.82) is 0 Å². The van der Waals surface area contributed by atoms with Crippen LogP contribution in [-0.2, 0) is 9.59 Å². The molecule has 0 unspecified atom stereocenters. The average Bonchev–Trinajstić information content (AvgIpc) is 2.56. The van der Waals surface area contributed by atoms with Crippen LogP contribution in [0.4, 0.5) is 0 Å². The van der Waals surface area contributed by atoms with Gasteiger partial charge >= 0.3 is 102 Å². The van der Waals surface area contributed by atoms with Crippen molar-refractivity contribution in [1.82, 2.24) is 0 Å². The standard InChI is InChI=1S/C8H9O2S.Nd.H2O/c9-4-3-8(10)7-11-5-1-2-6-11;;/h1-2,5-6,11H,3,7H2;;1H2/q;+1;/p-1. The number of Topliss-reactive ketones (excluding diaryl/α,β-unsaturated/α-hetero) is 1. The Morgan fingerprint density at radius 3 is 2.46 bits per heavy atom. The van der Waals surface area contributed by atoms with Crippen molar-refractivity contribution in [2.75, 3.05) is 5.75 Å². The Balaban J connectivity index is 2.29. The molecule has 1 aliphatic rings. The summed E-state index contributed by atoms with van der Waals surface area (Å²) in [5.41, 5.74) is 0. The summed E-state index contributed by atoms with van der Waals surface area (Å²) in [4.78, 5) is 22.0. The van der Waals surface area contributed by atoms with Crippen LogP contribution >= 0.6 is 10.9 Å².